The molecule has 0 atom stereocenters. The minimum absolute atomic E-state index is 0.418. The second kappa shape index (κ2) is 4.13. The van der Waals surface area contributed by atoms with E-state index in [0.717, 1.165) is 0 Å². The van der Waals surface area contributed by atoms with Gasteiger partial charge in [-0.3, -0.25) is 4.55 Å². The Hall–Kier alpha value is -0.840. The molecule has 0 fully saturated rings. The molecule has 0 heterocycles. The summed E-state index contributed by atoms with van der Waals surface area (Å²) in [5.41, 5.74) is 0.974. The number of hydrogen-bond acceptors (Lipinski definition) is 2. The van der Waals surface area contributed by atoms with Crippen molar-refractivity contribution in [1.82, 2.24) is 0 Å². The molecule has 14 heavy (non-hydrogen) atoms. The molecule has 1 rings (SSSR count). The topological polar surface area (TPSA) is 54.4 Å². The predicted octanol–water partition coefficient (Wildman–Crippen LogP) is 2.37. The molecule has 1 aromatic rings. The highest BCUT2D eigenvalue weighted by molar-refractivity contribution is 7.85. The Balaban J connectivity index is 3.21. The first-order chi connectivity index (χ1) is 6.44. The summed E-state index contributed by atoms with van der Waals surface area (Å²) in [5.74, 6) is -0.449. The molecule has 5 heteroatoms. The van der Waals surface area contributed by atoms with Crippen LogP contribution in [0.15, 0.2) is 24.8 Å². The van der Waals surface area contributed by atoms with E-state index in [4.69, 9.17) is 16.2 Å². The van der Waals surface area contributed by atoms with Crippen LogP contribution in [0.3, 0.4) is 0 Å². The van der Waals surface area contributed by atoms with Crippen molar-refractivity contribution in [1.29, 1.82) is 0 Å². The number of hydrogen-bond donors (Lipinski definition) is 1. The molecule has 0 aromatic heterocycles. The summed E-state index contributed by atoms with van der Waals surface area (Å²) in [5, 5.41) is 0.418. The van der Waals surface area contributed by atoms with Crippen LogP contribution in [0.1, 0.15) is 11.1 Å². The van der Waals surface area contributed by atoms with Crippen molar-refractivity contribution in [2.24, 2.45) is 0 Å². The van der Waals surface area contributed by atoms with Gasteiger partial charge in [0.1, 0.15) is 5.75 Å². The van der Waals surface area contributed by atoms with E-state index in [2.05, 4.69) is 6.58 Å². The lowest BCUT2D eigenvalue weighted by Crippen LogP contribution is -2.03. The molecule has 0 aliphatic carbocycles. The minimum atomic E-state index is -4.03. The van der Waals surface area contributed by atoms with Gasteiger partial charge >= 0.3 is 0 Å². The third kappa shape index (κ3) is 2.83. The molecule has 1 N–H and O–H groups in total. The Morgan fingerprint density at radius 1 is 1.50 bits per heavy atom. The molecule has 0 radical (unpaired) electrons. The Morgan fingerprint density at radius 3 is 2.64 bits per heavy atom. The van der Waals surface area contributed by atoms with E-state index in [1.165, 1.54) is 6.08 Å². The van der Waals surface area contributed by atoms with Crippen LogP contribution in [0.2, 0.25) is 5.02 Å². The molecule has 76 valence electrons. The van der Waals surface area contributed by atoms with Crippen molar-refractivity contribution >= 4 is 27.8 Å². The first kappa shape index (κ1) is 11.2. The minimum Gasteiger partial charge on any atom is -0.285 e. The largest absolute Gasteiger partial charge is 0.285 e. The highest BCUT2D eigenvalue weighted by Gasteiger charge is 2.10. The van der Waals surface area contributed by atoms with Crippen LogP contribution in [0.4, 0.5) is 0 Å². The standard InChI is InChI=1S/C9H9ClO3S/c1-2-8-7(6-14(11,12)13)4-3-5-9(8)10/h2-5H,1,6H2,(H,11,12,13). The molecule has 0 bridgehead atoms. The van der Waals surface area contributed by atoms with Crippen LogP contribution in [-0.4, -0.2) is 13.0 Å². The lowest BCUT2D eigenvalue weighted by molar-refractivity contribution is 0.482. The normalized spacial score (nSPS) is 11.3. The van der Waals surface area contributed by atoms with E-state index in [-0.39, 0.29) is 0 Å². The molecule has 1 aromatic carbocycles. The average molecular weight is 233 g/mol. The van der Waals surface area contributed by atoms with E-state index in [1.54, 1.807) is 18.2 Å². The Morgan fingerprint density at radius 2 is 2.14 bits per heavy atom. The summed E-state index contributed by atoms with van der Waals surface area (Å²) in [6, 6.07) is 4.83. The van der Waals surface area contributed by atoms with Gasteiger partial charge in [-0.15, -0.1) is 0 Å². The predicted molar refractivity (Wildman–Crippen MR) is 56.8 cm³/mol. The maximum atomic E-state index is 10.7. The van der Waals surface area contributed by atoms with Crippen molar-refractivity contribution < 1.29 is 13.0 Å². The molecule has 0 saturated heterocycles. The number of halogens is 1. The molecule has 0 aliphatic heterocycles. The fourth-order valence-electron chi connectivity index (χ4n) is 1.13. The summed E-state index contributed by atoms with van der Waals surface area (Å²) < 4.78 is 30.0. The first-order valence-corrected chi connectivity index (χ1v) is 5.78. The lowest BCUT2D eigenvalue weighted by Gasteiger charge is -2.05. The van der Waals surface area contributed by atoms with Crippen molar-refractivity contribution in [2.45, 2.75) is 5.75 Å². The second-order valence-electron chi connectivity index (χ2n) is 2.74. The lowest BCUT2D eigenvalue weighted by atomic mass is 10.1. The van der Waals surface area contributed by atoms with E-state index in [0.29, 0.717) is 16.1 Å². The summed E-state index contributed by atoms with van der Waals surface area (Å²) in [7, 11) is -4.03. The summed E-state index contributed by atoms with van der Waals surface area (Å²) in [6.45, 7) is 3.52. The van der Waals surface area contributed by atoms with Gasteiger partial charge in [0.25, 0.3) is 10.1 Å². The van der Waals surface area contributed by atoms with Crippen LogP contribution < -0.4 is 0 Å². The van der Waals surface area contributed by atoms with Crippen molar-refractivity contribution in [2.75, 3.05) is 0 Å². The molecule has 0 unspecified atom stereocenters. The quantitative estimate of drug-likeness (QED) is 0.814. The third-order valence-electron chi connectivity index (χ3n) is 1.69. The van der Waals surface area contributed by atoms with Gasteiger partial charge in [0.2, 0.25) is 0 Å². The van der Waals surface area contributed by atoms with Crippen molar-refractivity contribution in [3.63, 3.8) is 0 Å². The fourth-order valence-corrected chi connectivity index (χ4v) is 2.05. The Kier molecular flexibility index (Phi) is 3.31. The van der Waals surface area contributed by atoms with Gasteiger partial charge in [-0.2, -0.15) is 8.42 Å². The summed E-state index contributed by atoms with van der Waals surface area (Å²) >= 11 is 5.81. The van der Waals surface area contributed by atoms with Crippen LogP contribution in [-0.2, 0) is 15.9 Å². The van der Waals surface area contributed by atoms with E-state index < -0.39 is 15.9 Å². The molecule has 3 nitrogen and oxygen atoms in total. The highest BCUT2D eigenvalue weighted by Crippen LogP contribution is 2.22. The molecule has 0 saturated carbocycles. The highest BCUT2D eigenvalue weighted by atomic mass is 35.5. The number of benzene rings is 1. The maximum absolute atomic E-state index is 10.7. The van der Waals surface area contributed by atoms with E-state index in [1.807, 2.05) is 0 Å². The van der Waals surface area contributed by atoms with Crippen LogP contribution in [0.25, 0.3) is 6.08 Å². The van der Waals surface area contributed by atoms with Crippen LogP contribution >= 0.6 is 11.6 Å². The zero-order chi connectivity index (χ0) is 10.8. The zero-order valence-electron chi connectivity index (χ0n) is 7.27. The first-order valence-electron chi connectivity index (χ1n) is 3.79. The third-order valence-corrected chi connectivity index (χ3v) is 2.69. The van der Waals surface area contributed by atoms with Crippen molar-refractivity contribution in [3.05, 3.63) is 40.9 Å². The monoisotopic (exact) mass is 232 g/mol. The van der Waals surface area contributed by atoms with Gasteiger partial charge in [0.05, 0.1) is 0 Å². The van der Waals surface area contributed by atoms with Gasteiger partial charge in [0, 0.05) is 5.02 Å². The fraction of sp³-hybridized carbons (Fsp3) is 0.111. The van der Waals surface area contributed by atoms with E-state index in [9.17, 15) is 8.42 Å². The Bertz CT molecular complexity index is 451. The second-order valence-corrected chi connectivity index (χ2v) is 4.60. The van der Waals surface area contributed by atoms with Gasteiger partial charge in [-0.25, -0.2) is 0 Å². The smallest absolute Gasteiger partial charge is 0.269 e. The maximum Gasteiger partial charge on any atom is 0.269 e. The molecule has 0 aliphatic rings. The van der Waals surface area contributed by atoms with Crippen molar-refractivity contribution in [3.8, 4) is 0 Å². The van der Waals surface area contributed by atoms with Gasteiger partial charge < -0.3 is 0 Å². The average Bonchev–Trinajstić information content (AvgIpc) is 2.01. The summed E-state index contributed by atoms with van der Waals surface area (Å²) in [6.07, 6.45) is 1.46. The van der Waals surface area contributed by atoms with Gasteiger partial charge in [0.15, 0.2) is 0 Å². The zero-order valence-corrected chi connectivity index (χ0v) is 8.85. The molecule has 0 amide bonds. The van der Waals surface area contributed by atoms with Crippen LogP contribution in [0.5, 0.6) is 0 Å². The van der Waals surface area contributed by atoms with Gasteiger partial charge in [-0.1, -0.05) is 36.4 Å². The van der Waals surface area contributed by atoms with Gasteiger partial charge in [-0.05, 0) is 17.2 Å². The summed E-state index contributed by atoms with van der Waals surface area (Å²) in [4.78, 5) is 0. The molecular weight excluding hydrogens is 224 g/mol. The Labute approximate surface area is 87.8 Å². The molecule has 0 spiro atoms. The van der Waals surface area contributed by atoms with Crippen LogP contribution in [0, 0.1) is 0 Å². The van der Waals surface area contributed by atoms with E-state index >= 15 is 0 Å². The molecular formula is C9H9ClO3S. The number of rotatable bonds is 3. The SMILES string of the molecule is C=Cc1c(Cl)cccc1CS(=O)(=O)O.